The Hall–Kier alpha value is -2.80. The smallest absolute Gasteiger partial charge is 0.0196 e. The number of methoxy groups -OCH3 is 3. The van der Waals surface area contributed by atoms with Crippen molar-refractivity contribution in [2.45, 2.75) is 83.1 Å². The van der Waals surface area contributed by atoms with Crippen molar-refractivity contribution in [2.75, 3.05) is 27.9 Å². The van der Waals surface area contributed by atoms with E-state index in [1.54, 1.807) is 14.2 Å². The molecule has 6 atom stereocenters. The van der Waals surface area contributed by atoms with Gasteiger partial charge in [-0.25, -0.2) is 0 Å². The van der Waals surface area contributed by atoms with Crippen molar-refractivity contribution in [1.82, 2.24) is 0 Å². The summed E-state index contributed by atoms with van der Waals surface area (Å²) in [6.07, 6.45) is 0.378. The van der Waals surface area contributed by atoms with Crippen LogP contribution < -0.4 is 9.47 Å². The van der Waals surface area contributed by atoms with Gasteiger partial charge in [0.15, 0.2) is 0 Å². The minimum Gasteiger partial charge on any atom is -0.0530 e. The van der Waals surface area contributed by atoms with Crippen LogP contribution in [-0.4, -0.2) is 81.7 Å². The molecule has 0 aromatic heterocycles. The second-order valence-electron chi connectivity index (χ2n) is 11.2. The molecule has 3 N–H and O–H groups in total. The minimum atomic E-state index is -1.55. The molecule has 3 rings (SSSR count). The Morgan fingerprint density at radius 2 is 1.58 bits per heavy atom. The molecule has 236 valence electrons. The van der Waals surface area contributed by atoms with Gasteiger partial charge in [0.05, 0.1) is 13.7 Å². The van der Waals surface area contributed by atoms with E-state index in [4.69, 9.17) is 38.4 Å². The van der Waals surface area contributed by atoms with Crippen molar-refractivity contribution in [3.8, 4) is 11.5 Å². The van der Waals surface area contributed by atoms with Gasteiger partial charge in [-0.2, -0.15) is 0 Å². The van der Waals surface area contributed by atoms with Crippen molar-refractivity contribution < 1.29 is 43.3 Å². The zero-order chi connectivity index (χ0) is 31.5. The molecule has 0 radical (unpaired) electrons. The molecule has 1 fully saturated rings. The molecular formula is C32H46BNO9. The van der Waals surface area contributed by atoms with Crippen LogP contribution in [0.5, 0.6) is 11.5 Å². The zero-order valence-corrected chi connectivity index (χ0v) is 26.0. The molecule has 0 bridgehead atoms. The molecular weight excluding hydrogens is 553 g/mol. The van der Waals surface area contributed by atoms with E-state index in [0.717, 1.165) is 29.9 Å². The summed E-state index contributed by atoms with van der Waals surface area (Å²) in [4.78, 5) is 0. The van der Waals surface area contributed by atoms with Crippen LogP contribution in [0, 0.1) is 10.7 Å². The van der Waals surface area contributed by atoms with Gasteiger partial charge in [-0.15, -0.1) is 0 Å². The molecule has 10 nitrogen and oxygen atoms in total. The molecule has 0 amide bonds. The fourth-order valence-electron chi connectivity index (χ4n) is 5.33. The van der Waals surface area contributed by atoms with Gasteiger partial charge in [0.25, 0.3) is 0 Å². The first kappa shape index (κ1) is 34.7. The molecule has 0 spiro atoms. The number of hydrogen-bond donors (Lipinski definition) is 3. The number of ether oxygens (including phenoxy) is 6. The molecule has 1 aliphatic heterocycles. The van der Waals surface area contributed by atoms with E-state index in [-0.39, 0.29) is 6.42 Å². The Kier molecular flexibility index (Phi) is 13.2. The third-order valence-corrected chi connectivity index (χ3v) is 7.90. The van der Waals surface area contributed by atoms with Crippen LogP contribution in [0.2, 0.25) is 0 Å². The summed E-state index contributed by atoms with van der Waals surface area (Å²) in [5.74, 6) is -0.0116. The van der Waals surface area contributed by atoms with E-state index >= 15 is 0 Å². The number of rotatable bonds is 17. The van der Waals surface area contributed by atoms with E-state index < -0.39 is 41.7 Å². The number of hydrogen-bond acceptors (Lipinski definition) is 10. The first-order chi connectivity index (χ1) is 20.6. The van der Waals surface area contributed by atoms with Gasteiger partial charge in [-0.3, -0.25) is 0 Å². The van der Waals surface area contributed by atoms with Crippen molar-refractivity contribution in [3.05, 3.63) is 71.8 Å². The van der Waals surface area contributed by atoms with Crippen LogP contribution in [0.1, 0.15) is 44.7 Å². The maximum atomic E-state index is 11.2. The summed E-state index contributed by atoms with van der Waals surface area (Å²) in [6.45, 7) is 6.65. The molecule has 1 heterocycles. The third-order valence-electron chi connectivity index (χ3n) is 7.90. The monoisotopic (exact) mass is 599 g/mol. The van der Waals surface area contributed by atoms with E-state index in [1.807, 2.05) is 81.5 Å². The Balaban J connectivity index is 1.69. The van der Waals surface area contributed by atoms with Crippen LogP contribution in [0.15, 0.2) is 60.7 Å². The predicted molar refractivity (Wildman–Crippen MR) is 162 cm³/mol. The normalized spacial score (nSPS) is 23.9. The van der Waals surface area contributed by atoms with Crippen LogP contribution in [0.4, 0.5) is 0 Å². The van der Waals surface area contributed by atoms with Gasteiger partial charge in [0.2, 0.25) is 0 Å². The van der Waals surface area contributed by atoms with Gasteiger partial charge in [-0.1, -0.05) is 12.1 Å². The van der Waals surface area contributed by atoms with E-state index in [1.165, 1.54) is 7.11 Å². The van der Waals surface area contributed by atoms with Crippen LogP contribution in [-0.2, 0) is 36.8 Å². The number of aliphatic hydroxyl groups is 2. The number of nitrogens with one attached hydrogen (secondary N) is 1. The molecule has 0 saturated carbocycles. The Labute approximate surface area is 255 Å². The number of aliphatic hydroxyl groups excluding tert-OH is 2. The van der Waals surface area contributed by atoms with Gasteiger partial charge < -0.3 is 4.74 Å². The number of benzene rings is 2. The van der Waals surface area contributed by atoms with E-state index in [2.05, 4.69) is 0 Å². The van der Waals surface area contributed by atoms with Crippen molar-refractivity contribution >= 4 is 7.27 Å². The summed E-state index contributed by atoms with van der Waals surface area (Å²) >= 11 is 0. The minimum absolute atomic E-state index is 0.177. The van der Waals surface area contributed by atoms with Crippen LogP contribution >= 0.6 is 0 Å². The maximum absolute atomic E-state index is 11.2. The Morgan fingerprint density at radius 3 is 2.12 bits per heavy atom. The maximum Gasteiger partial charge on any atom is -0.0196 e. The van der Waals surface area contributed by atoms with Gasteiger partial charge in [0, 0.05) is 0 Å². The molecule has 11 heteroatoms. The Bertz CT molecular complexity index is 1140. The summed E-state index contributed by atoms with van der Waals surface area (Å²) in [5.41, 5.74) is 1.10. The molecule has 43 heavy (non-hydrogen) atoms. The Morgan fingerprint density at radius 1 is 1.00 bits per heavy atom. The van der Waals surface area contributed by atoms with Gasteiger partial charge in [0.1, 0.15) is 5.75 Å². The van der Waals surface area contributed by atoms with Crippen molar-refractivity contribution in [1.29, 1.82) is 5.31 Å². The summed E-state index contributed by atoms with van der Waals surface area (Å²) in [6, 6.07) is 15.2. The fourth-order valence-corrected chi connectivity index (χ4v) is 5.33. The average molecular weight is 600 g/mol. The SMILES string of the molecule is COc1ccc(COC/C=C/C(C)(C)[C@]2(OC)O[C@H](C[C@@H](OCc3ccc(OC)cc3)[C@@H](C)OB=N)C[C@H](O)[C@@H]2O)cc1. The van der Waals surface area contributed by atoms with E-state index in [9.17, 15) is 10.2 Å². The topological polar surface area (TPSA) is 129 Å². The summed E-state index contributed by atoms with van der Waals surface area (Å²) in [5, 5.41) is 29.6. The predicted octanol–water partition coefficient (Wildman–Crippen LogP) is 4.42. The quantitative estimate of drug-likeness (QED) is 0.138. The van der Waals surface area contributed by atoms with Gasteiger partial charge >= 0.3 is 202 Å². The molecule has 0 unspecified atom stereocenters. The second-order valence-corrected chi connectivity index (χ2v) is 11.2. The average Bonchev–Trinajstić information content (AvgIpc) is 3.01. The first-order valence-electron chi connectivity index (χ1n) is 14.5. The largest absolute Gasteiger partial charge is 0.0530 e. The van der Waals surface area contributed by atoms with Crippen LogP contribution in [0.25, 0.3) is 0 Å². The fraction of sp³-hybridized carbons (Fsp3) is 0.562. The second kappa shape index (κ2) is 16.3. The molecule has 2 aromatic rings. The molecule has 1 aliphatic rings. The third kappa shape index (κ3) is 9.10. The van der Waals surface area contributed by atoms with Crippen molar-refractivity contribution in [2.24, 2.45) is 5.41 Å². The standard InChI is InChI=1S/C32H46BNO9/c1-22(43-33-34)29(41-21-24-10-14-26(38-5)15-11-24)19-27-18-28(35)30(36)32(39-6,42-27)31(2,3)16-7-17-40-20-23-8-12-25(37-4)13-9-23/h7-16,22,27-30,34-36H,17-21H2,1-6H3/b16-7+/t22-,27+,28+,29-,30+,32-/m1/s1. The van der Waals surface area contributed by atoms with Gasteiger partial charge in [-0.05, 0) is 17.7 Å². The zero-order valence-electron chi connectivity index (χ0n) is 26.0. The molecule has 1 saturated heterocycles. The summed E-state index contributed by atoms with van der Waals surface area (Å²) in [7, 11) is 5.59. The first-order valence-corrected chi connectivity index (χ1v) is 14.5. The molecule has 2 aromatic carbocycles. The van der Waals surface area contributed by atoms with E-state index in [0.29, 0.717) is 26.2 Å². The molecule has 0 aliphatic carbocycles. The summed E-state index contributed by atoms with van der Waals surface area (Å²) < 4.78 is 40.3. The van der Waals surface area contributed by atoms with Crippen LogP contribution in [0.3, 0.4) is 0 Å². The van der Waals surface area contributed by atoms with Crippen molar-refractivity contribution in [3.63, 3.8) is 0 Å².